The number of aromatic amines is 1. The lowest BCUT2D eigenvalue weighted by atomic mass is 10.1. The SMILES string of the molecule is CCCCN(CC(=O)N(CCc1c[nH]c2ccccc12)Cc1ccc(OCC)cc1)C(=O)c1cc(OC)c(OC)c(OC)c1. The van der Waals surface area contributed by atoms with E-state index in [1.807, 2.05) is 60.5 Å². The van der Waals surface area contributed by atoms with Crippen molar-refractivity contribution in [2.24, 2.45) is 0 Å². The first-order valence-electron chi connectivity index (χ1n) is 15.1. The molecule has 0 aliphatic carbocycles. The van der Waals surface area contributed by atoms with E-state index in [4.69, 9.17) is 18.9 Å². The first kappa shape index (κ1) is 32.3. The maximum atomic E-state index is 14.0. The predicted molar refractivity (Wildman–Crippen MR) is 172 cm³/mol. The van der Waals surface area contributed by atoms with Gasteiger partial charge in [0.2, 0.25) is 11.7 Å². The lowest BCUT2D eigenvalue weighted by molar-refractivity contribution is -0.132. The number of rotatable bonds is 16. The molecule has 9 heteroatoms. The molecule has 1 aromatic heterocycles. The van der Waals surface area contributed by atoms with Crippen molar-refractivity contribution >= 4 is 22.7 Å². The summed E-state index contributed by atoms with van der Waals surface area (Å²) in [7, 11) is 4.54. The Balaban J connectivity index is 1.59. The largest absolute Gasteiger partial charge is 0.494 e. The molecule has 3 aromatic carbocycles. The monoisotopic (exact) mass is 601 g/mol. The molecule has 234 valence electrons. The van der Waals surface area contributed by atoms with Gasteiger partial charge in [-0.15, -0.1) is 0 Å². The minimum absolute atomic E-state index is 0.0552. The summed E-state index contributed by atoms with van der Waals surface area (Å²) in [5.41, 5.74) is 3.55. The van der Waals surface area contributed by atoms with Crippen molar-refractivity contribution in [3.8, 4) is 23.0 Å². The van der Waals surface area contributed by atoms with Gasteiger partial charge in [-0.1, -0.05) is 43.7 Å². The fraction of sp³-hybridized carbons (Fsp3) is 0.371. The number of hydrogen-bond acceptors (Lipinski definition) is 6. The van der Waals surface area contributed by atoms with E-state index in [1.165, 1.54) is 21.3 Å². The minimum Gasteiger partial charge on any atom is -0.494 e. The maximum absolute atomic E-state index is 14.0. The molecular formula is C35H43N3O6. The second-order valence-corrected chi connectivity index (χ2v) is 10.5. The molecule has 0 bridgehead atoms. The van der Waals surface area contributed by atoms with Gasteiger partial charge in [-0.05, 0) is 61.2 Å². The fourth-order valence-corrected chi connectivity index (χ4v) is 5.22. The highest BCUT2D eigenvalue weighted by atomic mass is 16.5. The van der Waals surface area contributed by atoms with E-state index >= 15 is 0 Å². The third-order valence-electron chi connectivity index (χ3n) is 7.59. The molecule has 4 rings (SSSR count). The summed E-state index contributed by atoms with van der Waals surface area (Å²) in [5, 5.41) is 1.14. The topological polar surface area (TPSA) is 93.3 Å². The number of para-hydroxylation sites is 1. The normalized spacial score (nSPS) is 10.8. The van der Waals surface area contributed by atoms with Crippen molar-refractivity contribution in [3.63, 3.8) is 0 Å². The van der Waals surface area contributed by atoms with Crippen molar-refractivity contribution < 1.29 is 28.5 Å². The average molecular weight is 602 g/mol. The van der Waals surface area contributed by atoms with Gasteiger partial charge in [-0.3, -0.25) is 9.59 Å². The van der Waals surface area contributed by atoms with Gasteiger partial charge in [0.1, 0.15) is 12.3 Å². The number of hydrogen-bond donors (Lipinski definition) is 1. The minimum atomic E-state index is -0.274. The molecule has 44 heavy (non-hydrogen) atoms. The van der Waals surface area contributed by atoms with Crippen LogP contribution >= 0.6 is 0 Å². The van der Waals surface area contributed by atoms with Crippen LogP contribution in [0.1, 0.15) is 48.2 Å². The molecule has 0 fully saturated rings. The number of fused-ring (bicyclic) bond motifs is 1. The van der Waals surface area contributed by atoms with Crippen molar-refractivity contribution in [3.05, 3.63) is 83.6 Å². The van der Waals surface area contributed by atoms with Crippen LogP contribution in [0.4, 0.5) is 0 Å². The molecule has 0 saturated carbocycles. The van der Waals surface area contributed by atoms with E-state index in [9.17, 15) is 9.59 Å². The number of carbonyl (C=O) groups excluding carboxylic acids is 2. The number of H-pyrrole nitrogens is 1. The zero-order chi connectivity index (χ0) is 31.5. The van der Waals surface area contributed by atoms with E-state index in [-0.39, 0.29) is 18.4 Å². The van der Waals surface area contributed by atoms with Crippen molar-refractivity contribution in [2.75, 3.05) is 47.6 Å². The van der Waals surface area contributed by atoms with Crippen LogP contribution in [-0.4, -0.2) is 74.2 Å². The summed E-state index contributed by atoms with van der Waals surface area (Å²) < 4.78 is 22.0. The summed E-state index contributed by atoms with van der Waals surface area (Å²) in [6.07, 6.45) is 4.32. The first-order valence-corrected chi connectivity index (χ1v) is 15.1. The van der Waals surface area contributed by atoms with Gasteiger partial charge in [0.25, 0.3) is 5.91 Å². The van der Waals surface area contributed by atoms with E-state index in [1.54, 1.807) is 17.0 Å². The Bertz CT molecular complexity index is 1510. The van der Waals surface area contributed by atoms with Gasteiger partial charge >= 0.3 is 0 Å². The van der Waals surface area contributed by atoms with Crippen LogP contribution in [0.25, 0.3) is 10.9 Å². The molecule has 0 atom stereocenters. The summed E-state index contributed by atoms with van der Waals surface area (Å²) in [5.74, 6) is 1.55. The van der Waals surface area contributed by atoms with Gasteiger partial charge < -0.3 is 33.7 Å². The Labute approximate surface area is 259 Å². The molecule has 0 unspecified atom stereocenters. The molecule has 9 nitrogen and oxygen atoms in total. The number of methoxy groups -OCH3 is 3. The Morgan fingerprint density at radius 1 is 0.841 bits per heavy atom. The molecule has 0 aliphatic heterocycles. The van der Waals surface area contributed by atoms with Crippen LogP contribution in [0.3, 0.4) is 0 Å². The standard InChI is InChI=1S/C35H43N3O6/c1-6-8-18-38(35(40)27-20-31(41-3)34(43-5)32(21-27)42-4)24-33(39)37(23-25-13-15-28(16-14-25)44-7-2)19-17-26-22-36-30-12-10-9-11-29(26)30/h9-16,20-22,36H,6-8,17-19,23-24H2,1-5H3. The molecule has 0 aliphatic rings. The predicted octanol–water partition coefficient (Wildman–Crippen LogP) is 6.11. The van der Waals surface area contributed by atoms with Gasteiger partial charge in [-0.2, -0.15) is 0 Å². The van der Waals surface area contributed by atoms with Gasteiger partial charge in [0.15, 0.2) is 11.5 Å². The first-order chi connectivity index (χ1) is 21.4. The lowest BCUT2D eigenvalue weighted by Gasteiger charge is -2.28. The Morgan fingerprint density at radius 2 is 1.55 bits per heavy atom. The molecule has 0 saturated heterocycles. The van der Waals surface area contributed by atoms with Crippen molar-refractivity contribution in [1.82, 2.24) is 14.8 Å². The van der Waals surface area contributed by atoms with E-state index in [2.05, 4.69) is 18.0 Å². The van der Waals surface area contributed by atoms with Crippen LogP contribution in [0.2, 0.25) is 0 Å². The fourth-order valence-electron chi connectivity index (χ4n) is 5.22. The van der Waals surface area contributed by atoms with E-state index < -0.39 is 0 Å². The smallest absolute Gasteiger partial charge is 0.254 e. The zero-order valence-corrected chi connectivity index (χ0v) is 26.4. The lowest BCUT2D eigenvalue weighted by Crippen LogP contribution is -2.43. The second-order valence-electron chi connectivity index (χ2n) is 10.5. The van der Waals surface area contributed by atoms with Gasteiger partial charge in [-0.25, -0.2) is 0 Å². The van der Waals surface area contributed by atoms with Crippen LogP contribution in [-0.2, 0) is 17.8 Å². The van der Waals surface area contributed by atoms with Crippen LogP contribution in [0.15, 0.2) is 66.9 Å². The molecule has 1 N–H and O–H groups in total. The highest BCUT2D eigenvalue weighted by Gasteiger charge is 2.25. The second kappa shape index (κ2) is 15.7. The number of benzene rings is 3. The summed E-state index contributed by atoms with van der Waals surface area (Å²) in [6, 6.07) is 19.2. The summed E-state index contributed by atoms with van der Waals surface area (Å²) in [4.78, 5) is 34.7. The number of aromatic nitrogens is 1. The van der Waals surface area contributed by atoms with Crippen LogP contribution in [0.5, 0.6) is 23.0 Å². The van der Waals surface area contributed by atoms with Gasteiger partial charge in [0.05, 0.1) is 27.9 Å². The Kier molecular flexibility index (Phi) is 11.5. The summed E-state index contributed by atoms with van der Waals surface area (Å²) in [6.45, 7) is 5.88. The van der Waals surface area contributed by atoms with Crippen LogP contribution < -0.4 is 18.9 Å². The molecule has 2 amide bonds. The molecule has 0 spiro atoms. The van der Waals surface area contributed by atoms with E-state index in [0.717, 1.165) is 40.6 Å². The Hall–Kier alpha value is -4.66. The van der Waals surface area contributed by atoms with E-state index in [0.29, 0.717) is 55.5 Å². The molecule has 1 heterocycles. The van der Waals surface area contributed by atoms with Crippen molar-refractivity contribution in [1.29, 1.82) is 0 Å². The third kappa shape index (κ3) is 7.83. The maximum Gasteiger partial charge on any atom is 0.254 e. The zero-order valence-electron chi connectivity index (χ0n) is 26.4. The number of carbonyl (C=O) groups is 2. The number of amides is 2. The highest BCUT2D eigenvalue weighted by molar-refractivity contribution is 5.97. The molecule has 0 radical (unpaired) electrons. The third-order valence-corrected chi connectivity index (χ3v) is 7.59. The van der Waals surface area contributed by atoms with Crippen LogP contribution in [0, 0.1) is 0 Å². The molecule has 4 aromatic rings. The Morgan fingerprint density at radius 3 is 2.18 bits per heavy atom. The van der Waals surface area contributed by atoms with Crippen molar-refractivity contribution in [2.45, 2.75) is 39.7 Å². The average Bonchev–Trinajstić information content (AvgIpc) is 3.47. The number of ether oxygens (including phenoxy) is 4. The summed E-state index contributed by atoms with van der Waals surface area (Å²) >= 11 is 0. The highest BCUT2D eigenvalue weighted by Crippen LogP contribution is 2.38. The molecular weight excluding hydrogens is 558 g/mol. The quantitative estimate of drug-likeness (QED) is 0.167. The van der Waals surface area contributed by atoms with Gasteiger partial charge in [0, 0.05) is 42.3 Å². The number of unbranched alkanes of at least 4 members (excludes halogenated alkanes) is 1. The number of nitrogens with zero attached hydrogens (tertiary/aromatic N) is 2. The number of nitrogens with one attached hydrogen (secondary N) is 1.